The number of likely N-dealkylation sites (N-methyl/N-ethyl adjacent to an activating group) is 1. The van der Waals surface area contributed by atoms with E-state index in [1.165, 1.54) is 11.3 Å². The maximum absolute atomic E-state index is 12.6. The minimum atomic E-state index is -0.462. The molecule has 0 aromatic heterocycles. The highest BCUT2D eigenvalue weighted by molar-refractivity contribution is 6.35. The van der Waals surface area contributed by atoms with Crippen LogP contribution in [0.2, 0.25) is 0 Å². The van der Waals surface area contributed by atoms with E-state index in [-0.39, 0.29) is 5.91 Å². The van der Waals surface area contributed by atoms with Gasteiger partial charge in [-0.1, -0.05) is 19.1 Å². The van der Waals surface area contributed by atoms with Crippen LogP contribution in [0.3, 0.4) is 0 Å². The van der Waals surface area contributed by atoms with E-state index in [0.29, 0.717) is 31.1 Å². The lowest BCUT2D eigenvalue weighted by Crippen LogP contribution is -2.52. The molecule has 2 aliphatic heterocycles. The number of carbonyl (C=O) groups is 3. The molecule has 134 valence electrons. The average Bonchev–Trinajstić information content (AvgIpc) is 2.62. The number of amides is 3. The summed E-state index contributed by atoms with van der Waals surface area (Å²) in [6.07, 6.45) is 2.24. The number of benzene rings is 1. The number of piperazine rings is 1. The van der Waals surface area contributed by atoms with E-state index in [9.17, 15) is 14.4 Å². The maximum Gasteiger partial charge on any atom is 0.312 e. The predicted octanol–water partition coefficient (Wildman–Crippen LogP) is 1.36. The van der Waals surface area contributed by atoms with Gasteiger partial charge in [0.2, 0.25) is 0 Å². The molecule has 1 atom stereocenters. The molecule has 3 rings (SSSR count). The molecule has 6 nitrogen and oxygen atoms in total. The van der Waals surface area contributed by atoms with E-state index in [1.807, 2.05) is 29.2 Å². The van der Waals surface area contributed by atoms with Crippen molar-refractivity contribution in [2.24, 2.45) is 5.92 Å². The van der Waals surface area contributed by atoms with Gasteiger partial charge in [-0.2, -0.15) is 0 Å². The summed E-state index contributed by atoms with van der Waals surface area (Å²) in [5.74, 6) is -0.296. The molecule has 2 aliphatic rings. The summed E-state index contributed by atoms with van der Waals surface area (Å²) in [7, 11) is 1.64. The van der Waals surface area contributed by atoms with Gasteiger partial charge in [0.15, 0.2) is 0 Å². The van der Waals surface area contributed by atoms with E-state index in [4.69, 9.17) is 0 Å². The molecule has 0 unspecified atom stereocenters. The maximum atomic E-state index is 12.6. The number of hydrogen-bond donors (Lipinski definition) is 0. The van der Waals surface area contributed by atoms with Crippen LogP contribution >= 0.6 is 0 Å². The molecule has 0 aliphatic carbocycles. The third-order valence-corrected chi connectivity index (χ3v) is 5.04. The van der Waals surface area contributed by atoms with Crippen LogP contribution in [0.4, 0.5) is 0 Å². The summed E-state index contributed by atoms with van der Waals surface area (Å²) in [6, 6.07) is 7.38. The van der Waals surface area contributed by atoms with E-state index in [1.54, 1.807) is 11.9 Å². The monoisotopic (exact) mass is 343 g/mol. The zero-order valence-corrected chi connectivity index (χ0v) is 14.9. The third kappa shape index (κ3) is 3.83. The fourth-order valence-electron chi connectivity index (χ4n) is 3.45. The van der Waals surface area contributed by atoms with Crippen molar-refractivity contribution in [3.63, 3.8) is 0 Å². The lowest BCUT2D eigenvalue weighted by molar-refractivity contribution is -0.155. The zero-order valence-electron chi connectivity index (χ0n) is 14.9. The molecule has 6 heteroatoms. The molecule has 2 fully saturated rings. The Morgan fingerprint density at radius 1 is 1.08 bits per heavy atom. The first kappa shape index (κ1) is 17.5. The van der Waals surface area contributed by atoms with Crippen molar-refractivity contribution in [1.29, 1.82) is 0 Å². The van der Waals surface area contributed by atoms with Gasteiger partial charge in [-0.05, 0) is 36.5 Å². The quantitative estimate of drug-likeness (QED) is 0.779. The van der Waals surface area contributed by atoms with Gasteiger partial charge in [0.05, 0.1) is 0 Å². The molecular weight excluding hydrogens is 318 g/mol. The molecule has 0 spiro atoms. The van der Waals surface area contributed by atoms with Crippen molar-refractivity contribution in [3.05, 3.63) is 35.4 Å². The van der Waals surface area contributed by atoms with Crippen LogP contribution in [0.25, 0.3) is 0 Å². The largest absolute Gasteiger partial charge is 0.338 e. The molecular formula is C19H25N3O3. The summed E-state index contributed by atoms with van der Waals surface area (Å²) in [5.41, 5.74) is 1.60. The minimum absolute atomic E-state index is 0.0731. The van der Waals surface area contributed by atoms with Crippen molar-refractivity contribution in [1.82, 2.24) is 14.7 Å². The summed E-state index contributed by atoms with van der Waals surface area (Å²) in [6.45, 7) is 5.30. The number of rotatable bonds is 3. The topological polar surface area (TPSA) is 60.9 Å². The Hall–Kier alpha value is -2.37. The number of piperidine rings is 1. The minimum Gasteiger partial charge on any atom is -0.338 e. The summed E-state index contributed by atoms with van der Waals surface area (Å²) < 4.78 is 0. The van der Waals surface area contributed by atoms with E-state index in [0.717, 1.165) is 25.1 Å². The highest BCUT2D eigenvalue weighted by atomic mass is 16.2. The highest BCUT2D eigenvalue weighted by Crippen LogP contribution is 2.18. The van der Waals surface area contributed by atoms with Crippen LogP contribution in [-0.4, -0.2) is 65.6 Å². The summed E-state index contributed by atoms with van der Waals surface area (Å²) >= 11 is 0. The second-order valence-electron chi connectivity index (χ2n) is 7.15. The van der Waals surface area contributed by atoms with Crippen LogP contribution in [0, 0.1) is 5.92 Å². The Kier molecular flexibility index (Phi) is 5.06. The van der Waals surface area contributed by atoms with Gasteiger partial charge >= 0.3 is 11.8 Å². The highest BCUT2D eigenvalue weighted by Gasteiger charge is 2.30. The first-order valence-corrected chi connectivity index (χ1v) is 8.88. The van der Waals surface area contributed by atoms with Crippen molar-refractivity contribution in [2.45, 2.75) is 26.3 Å². The van der Waals surface area contributed by atoms with Crippen LogP contribution in [0.1, 0.15) is 35.7 Å². The Bertz CT molecular complexity index is 671. The van der Waals surface area contributed by atoms with Crippen LogP contribution in [0.5, 0.6) is 0 Å². The van der Waals surface area contributed by atoms with Crippen molar-refractivity contribution >= 4 is 17.7 Å². The van der Waals surface area contributed by atoms with Gasteiger partial charge in [0.1, 0.15) is 0 Å². The second kappa shape index (κ2) is 7.25. The van der Waals surface area contributed by atoms with Crippen LogP contribution < -0.4 is 0 Å². The number of nitrogens with zero attached hydrogens (tertiary/aromatic N) is 3. The number of likely N-dealkylation sites (tertiary alicyclic amines) is 1. The predicted molar refractivity (Wildman–Crippen MR) is 93.8 cm³/mol. The zero-order chi connectivity index (χ0) is 18.0. The molecule has 0 bridgehead atoms. The fourth-order valence-corrected chi connectivity index (χ4v) is 3.45. The Morgan fingerprint density at radius 3 is 2.48 bits per heavy atom. The molecule has 0 radical (unpaired) electrons. The van der Waals surface area contributed by atoms with Gasteiger partial charge < -0.3 is 14.7 Å². The summed E-state index contributed by atoms with van der Waals surface area (Å²) in [4.78, 5) is 41.3. The lowest BCUT2D eigenvalue weighted by Gasteiger charge is -2.32. The third-order valence-electron chi connectivity index (χ3n) is 5.04. The molecule has 2 saturated heterocycles. The van der Waals surface area contributed by atoms with E-state index < -0.39 is 11.8 Å². The van der Waals surface area contributed by atoms with Crippen LogP contribution in [0.15, 0.2) is 24.3 Å². The Balaban J connectivity index is 1.63. The molecule has 1 aromatic rings. The molecule has 0 N–H and O–H groups in total. The Morgan fingerprint density at radius 2 is 1.80 bits per heavy atom. The van der Waals surface area contributed by atoms with E-state index >= 15 is 0 Å². The van der Waals surface area contributed by atoms with Gasteiger partial charge in [0, 0.05) is 45.3 Å². The van der Waals surface area contributed by atoms with Crippen molar-refractivity contribution < 1.29 is 14.4 Å². The molecule has 25 heavy (non-hydrogen) atoms. The molecule has 2 heterocycles. The van der Waals surface area contributed by atoms with Crippen molar-refractivity contribution in [2.75, 3.05) is 33.2 Å². The number of carbonyl (C=O) groups excluding carboxylic acids is 3. The molecule has 0 saturated carbocycles. The summed E-state index contributed by atoms with van der Waals surface area (Å²) in [5, 5.41) is 0. The lowest BCUT2D eigenvalue weighted by atomic mass is 9.99. The van der Waals surface area contributed by atoms with Gasteiger partial charge in [0.25, 0.3) is 5.91 Å². The van der Waals surface area contributed by atoms with Gasteiger partial charge in [-0.25, -0.2) is 0 Å². The molecule has 3 amide bonds. The standard InChI is InChI=1S/C19H25N3O3/c1-14-4-3-9-21(12-14)17(23)16-7-5-15(6-8-16)13-22-11-10-20(2)18(24)19(22)25/h5-8,14H,3-4,9-13H2,1-2H3/t14-/m1/s1. The van der Waals surface area contributed by atoms with Gasteiger partial charge in [-0.15, -0.1) is 0 Å². The first-order chi connectivity index (χ1) is 12.0. The van der Waals surface area contributed by atoms with Crippen molar-refractivity contribution in [3.8, 4) is 0 Å². The second-order valence-corrected chi connectivity index (χ2v) is 7.15. The normalized spacial score (nSPS) is 21.7. The number of hydrogen-bond acceptors (Lipinski definition) is 3. The molecule has 1 aromatic carbocycles. The van der Waals surface area contributed by atoms with Gasteiger partial charge in [-0.3, -0.25) is 14.4 Å². The average molecular weight is 343 g/mol. The van der Waals surface area contributed by atoms with Crippen LogP contribution in [-0.2, 0) is 16.1 Å². The first-order valence-electron chi connectivity index (χ1n) is 8.88. The smallest absolute Gasteiger partial charge is 0.312 e. The Labute approximate surface area is 148 Å². The fraction of sp³-hybridized carbons (Fsp3) is 0.526. The van der Waals surface area contributed by atoms with E-state index in [2.05, 4.69) is 6.92 Å². The SMILES string of the molecule is C[C@@H]1CCCN(C(=O)c2ccc(CN3CCN(C)C(=O)C3=O)cc2)C1.